The maximum absolute atomic E-state index is 4.63. The van der Waals surface area contributed by atoms with Gasteiger partial charge in [-0.15, -0.1) is 5.10 Å². The molecule has 0 spiro atoms. The molecule has 3 heterocycles. The van der Waals surface area contributed by atoms with Crippen LogP contribution in [0.3, 0.4) is 0 Å². The van der Waals surface area contributed by atoms with Gasteiger partial charge >= 0.3 is 0 Å². The molecule has 0 unspecified atom stereocenters. The van der Waals surface area contributed by atoms with E-state index in [2.05, 4.69) is 54.6 Å². The van der Waals surface area contributed by atoms with Crippen LogP contribution in [-0.4, -0.2) is 41.4 Å². The average Bonchev–Trinajstić information content (AvgIpc) is 2.70. The summed E-state index contributed by atoms with van der Waals surface area (Å²) >= 11 is 0. The van der Waals surface area contributed by atoms with Gasteiger partial charge in [-0.05, 0) is 62.8 Å². The lowest BCUT2D eigenvalue weighted by Gasteiger charge is -2.29. The average molecular weight is 338 g/mol. The second-order valence-corrected chi connectivity index (χ2v) is 6.91. The van der Waals surface area contributed by atoms with Crippen LogP contribution in [-0.2, 0) is 0 Å². The van der Waals surface area contributed by atoms with Gasteiger partial charge in [-0.25, -0.2) is 0 Å². The molecule has 2 aromatic rings. The number of piperidine rings is 2. The molecule has 2 aliphatic rings. The molecular formula is C19H26N6. The molecule has 6 heteroatoms. The second kappa shape index (κ2) is 7.68. The Morgan fingerprint density at radius 1 is 0.760 bits per heavy atom. The number of benzene rings is 1. The van der Waals surface area contributed by atoms with E-state index in [9.17, 15) is 0 Å². The van der Waals surface area contributed by atoms with Crippen molar-refractivity contribution in [3.63, 3.8) is 0 Å². The monoisotopic (exact) mass is 338 g/mol. The quantitative estimate of drug-likeness (QED) is 0.919. The van der Waals surface area contributed by atoms with Crippen LogP contribution in [0.15, 0.2) is 30.5 Å². The molecule has 0 bridgehead atoms. The van der Waals surface area contributed by atoms with Crippen molar-refractivity contribution in [2.45, 2.75) is 38.5 Å². The number of nitrogens with zero attached hydrogens (tertiary/aromatic N) is 5. The fourth-order valence-electron chi connectivity index (χ4n) is 3.64. The predicted octanol–water partition coefficient (Wildman–Crippen LogP) is 3.60. The minimum atomic E-state index is 0.731. The second-order valence-electron chi connectivity index (χ2n) is 6.91. The summed E-state index contributed by atoms with van der Waals surface area (Å²) in [6, 6.07) is 8.61. The van der Waals surface area contributed by atoms with Crippen LogP contribution in [0.5, 0.6) is 0 Å². The van der Waals surface area contributed by atoms with Crippen molar-refractivity contribution in [3.8, 4) is 0 Å². The zero-order chi connectivity index (χ0) is 16.9. The highest BCUT2D eigenvalue weighted by molar-refractivity contribution is 5.61. The maximum Gasteiger partial charge on any atom is 0.247 e. The van der Waals surface area contributed by atoms with Gasteiger partial charge in [-0.2, -0.15) is 10.1 Å². The lowest BCUT2D eigenvalue weighted by Crippen LogP contribution is -2.31. The summed E-state index contributed by atoms with van der Waals surface area (Å²) in [5, 5.41) is 11.7. The minimum absolute atomic E-state index is 0.731. The Morgan fingerprint density at radius 2 is 1.40 bits per heavy atom. The molecule has 0 radical (unpaired) electrons. The SMILES string of the molecule is c1cc(N2CCCCC2)ccc1Nc1cnnc(N2CCCCC2)n1. The van der Waals surface area contributed by atoms with Gasteiger partial charge in [-0.1, -0.05) is 0 Å². The van der Waals surface area contributed by atoms with Gasteiger partial charge < -0.3 is 15.1 Å². The Morgan fingerprint density at radius 3 is 2.08 bits per heavy atom. The number of aromatic nitrogens is 3. The number of hydrogen-bond acceptors (Lipinski definition) is 6. The van der Waals surface area contributed by atoms with Crippen molar-refractivity contribution in [2.24, 2.45) is 0 Å². The third-order valence-corrected chi connectivity index (χ3v) is 5.05. The molecule has 25 heavy (non-hydrogen) atoms. The highest BCUT2D eigenvalue weighted by Gasteiger charge is 2.14. The van der Waals surface area contributed by atoms with Gasteiger partial charge in [0.1, 0.15) is 0 Å². The first-order valence-electron chi connectivity index (χ1n) is 9.45. The Kier molecular flexibility index (Phi) is 4.95. The first-order chi connectivity index (χ1) is 12.4. The Labute approximate surface area is 149 Å². The van der Waals surface area contributed by atoms with Crippen molar-refractivity contribution < 1.29 is 0 Å². The van der Waals surface area contributed by atoms with E-state index in [-0.39, 0.29) is 0 Å². The third kappa shape index (κ3) is 4.00. The summed E-state index contributed by atoms with van der Waals surface area (Å²) < 4.78 is 0. The first kappa shape index (κ1) is 16.1. The van der Waals surface area contributed by atoms with E-state index in [4.69, 9.17) is 0 Å². The van der Waals surface area contributed by atoms with E-state index < -0.39 is 0 Å². The van der Waals surface area contributed by atoms with Crippen LogP contribution >= 0.6 is 0 Å². The molecule has 132 valence electrons. The summed E-state index contributed by atoms with van der Waals surface area (Å²) in [7, 11) is 0. The van der Waals surface area contributed by atoms with Crippen LogP contribution in [0, 0.1) is 0 Å². The number of nitrogens with one attached hydrogen (secondary N) is 1. The van der Waals surface area contributed by atoms with Crippen LogP contribution in [0.25, 0.3) is 0 Å². The zero-order valence-electron chi connectivity index (χ0n) is 14.7. The van der Waals surface area contributed by atoms with E-state index in [1.54, 1.807) is 6.20 Å². The predicted molar refractivity (Wildman–Crippen MR) is 102 cm³/mol. The van der Waals surface area contributed by atoms with Crippen LogP contribution in [0.2, 0.25) is 0 Å². The van der Waals surface area contributed by atoms with Gasteiger partial charge in [0, 0.05) is 37.6 Å². The molecule has 6 nitrogen and oxygen atoms in total. The lowest BCUT2D eigenvalue weighted by atomic mass is 10.1. The molecule has 1 aromatic heterocycles. The van der Waals surface area contributed by atoms with Crippen LogP contribution in [0.4, 0.5) is 23.1 Å². The fourth-order valence-corrected chi connectivity index (χ4v) is 3.64. The fraction of sp³-hybridized carbons (Fsp3) is 0.526. The largest absolute Gasteiger partial charge is 0.372 e. The van der Waals surface area contributed by atoms with Gasteiger partial charge in [-0.3, -0.25) is 0 Å². The normalized spacial score (nSPS) is 18.2. The van der Waals surface area contributed by atoms with Crippen LogP contribution in [0.1, 0.15) is 38.5 Å². The first-order valence-corrected chi connectivity index (χ1v) is 9.45. The van der Waals surface area contributed by atoms with Gasteiger partial charge in [0.05, 0.1) is 6.20 Å². The van der Waals surface area contributed by atoms with Crippen molar-refractivity contribution in [2.75, 3.05) is 41.3 Å². The summed E-state index contributed by atoms with van der Waals surface area (Å²) in [5.41, 5.74) is 2.34. The van der Waals surface area contributed by atoms with Crippen LogP contribution < -0.4 is 15.1 Å². The standard InChI is InChI=1S/C19H26N6/c1-3-11-24(12-4-1)17-9-7-16(8-10-17)21-18-15-20-23-19(22-18)25-13-5-2-6-14-25/h7-10,15H,1-6,11-14H2,(H,21,22,23). The van der Waals surface area contributed by atoms with Gasteiger partial charge in [0.2, 0.25) is 5.95 Å². The minimum Gasteiger partial charge on any atom is -0.372 e. The molecular weight excluding hydrogens is 312 g/mol. The molecule has 0 amide bonds. The molecule has 2 aliphatic heterocycles. The molecule has 2 fully saturated rings. The maximum atomic E-state index is 4.63. The van der Waals surface area contributed by atoms with E-state index in [0.29, 0.717) is 0 Å². The molecule has 0 aliphatic carbocycles. The highest BCUT2D eigenvalue weighted by Crippen LogP contribution is 2.23. The number of rotatable bonds is 4. The van der Waals surface area contributed by atoms with E-state index in [1.165, 1.54) is 57.3 Å². The van der Waals surface area contributed by atoms with Gasteiger partial charge in [0.15, 0.2) is 5.82 Å². The van der Waals surface area contributed by atoms with Crippen molar-refractivity contribution in [3.05, 3.63) is 30.5 Å². The van der Waals surface area contributed by atoms with Crippen molar-refractivity contribution >= 4 is 23.1 Å². The van der Waals surface area contributed by atoms with Crippen molar-refractivity contribution in [1.29, 1.82) is 0 Å². The van der Waals surface area contributed by atoms with Crippen molar-refractivity contribution in [1.82, 2.24) is 15.2 Å². The lowest BCUT2D eigenvalue weighted by molar-refractivity contribution is 0.565. The van der Waals surface area contributed by atoms with E-state index in [0.717, 1.165) is 30.5 Å². The third-order valence-electron chi connectivity index (χ3n) is 5.05. The topological polar surface area (TPSA) is 57.2 Å². The summed E-state index contributed by atoms with van der Waals surface area (Å²) in [4.78, 5) is 9.32. The zero-order valence-corrected chi connectivity index (χ0v) is 14.7. The van der Waals surface area contributed by atoms with E-state index >= 15 is 0 Å². The molecule has 2 saturated heterocycles. The molecule has 0 saturated carbocycles. The number of anilines is 4. The van der Waals surface area contributed by atoms with E-state index in [1.807, 2.05) is 0 Å². The molecule has 1 N–H and O–H groups in total. The molecule has 4 rings (SSSR count). The summed E-state index contributed by atoms with van der Waals surface area (Å²) in [6.07, 6.45) is 9.35. The Bertz CT molecular complexity index is 675. The molecule has 0 atom stereocenters. The smallest absolute Gasteiger partial charge is 0.247 e. The number of hydrogen-bond donors (Lipinski definition) is 1. The highest BCUT2D eigenvalue weighted by atomic mass is 15.3. The Hall–Kier alpha value is -2.37. The summed E-state index contributed by atoms with van der Waals surface area (Å²) in [5.74, 6) is 1.48. The van der Waals surface area contributed by atoms with Gasteiger partial charge in [0.25, 0.3) is 0 Å². The molecule has 1 aromatic carbocycles. The Balaban J connectivity index is 1.43. The summed E-state index contributed by atoms with van der Waals surface area (Å²) in [6.45, 7) is 4.38.